The Bertz CT molecular complexity index is 1030. The first-order valence-electron chi connectivity index (χ1n) is 12.8. The normalized spacial score (nSPS) is 17.4. The van der Waals surface area contributed by atoms with E-state index in [1.165, 1.54) is 6.26 Å². The Morgan fingerprint density at radius 1 is 1.17 bits per heavy atom. The van der Waals surface area contributed by atoms with E-state index in [2.05, 4.69) is 27.4 Å². The number of piperidine rings is 1. The van der Waals surface area contributed by atoms with Gasteiger partial charge in [-0.3, -0.25) is 9.59 Å². The van der Waals surface area contributed by atoms with Crippen molar-refractivity contribution >= 4 is 23.5 Å². The van der Waals surface area contributed by atoms with Crippen LogP contribution < -0.4 is 15.5 Å². The number of benzene rings is 1. The lowest BCUT2D eigenvalue weighted by Gasteiger charge is -2.27. The number of nitrogens with zero attached hydrogens (tertiary/aromatic N) is 3. The average molecular weight is 500 g/mol. The number of aromatic nitrogens is 1. The number of carbonyl (C=O) groups is 2. The SMILES string of the molecule is CCCN(C)Cc1ccc(NC(=O)c2coc(N3CCC(O)CC3)n2)c(C(=O)NC2CCOCC2)c1. The zero-order valence-corrected chi connectivity index (χ0v) is 21.2. The van der Waals surface area contributed by atoms with Crippen LogP contribution in [0.4, 0.5) is 11.7 Å². The summed E-state index contributed by atoms with van der Waals surface area (Å²) in [6.07, 6.45) is 4.85. The molecule has 0 atom stereocenters. The minimum atomic E-state index is -0.446. The topological polar surface area (TPSA) is 120 Å². The molecule has 2 fully saturated rings. The molecule has 0 radical (unpaired) electrons. The molecule has 0 unspecified atom stereocenters. The molecule has 2 aliphatic heterocycles. The van der Waals surface area contributed by atoms with Gasteiger partial charge < -0.3 is 34.7 Å². The summed E-state index contributed by atoms with van der Waals surface area (Å²) in [6, 6.07) is 5.96. The molecule has 1 aromatic heterocycles. The molecule has 10 heteroatoms. The lowest BCUT2D eigenvalue weighted by molar-refractivity contribution is 0.0697. The van der Waals surface area contributed by atoms with Crippen molar-refractivity contribution in [1.29, 1.82) is 0 Å². The predicted molar refractivity (Wildman–Crippen MR) is 136 cm³/mol. The molecule has 0 aliphatic carbocycles. The molecule has 0 bridgehead atoms. The summed E-state index contributed by atoms with van der Waals surface area (Å²) in [5.74, 6) is -0.664. The van der Waals surface area contributed by atoms with Gasteiger partial charge in [-0.05, 0) is 63.4 Å². The molecule has 1 aromatic carbocycles. The third kappa shape index (κ3) is 6.83. The fourth-order valence-electron chi connectivity index (χ4n) is 4.62. The molecule has 0 saturated carbocycles. The maximum Gasteiger partial charge on any atom is 0.297 e. The van der Waals surface area contributed by atoms with Gasteiger partial charge in [-0.15, -0.1) is 0 Å². The summed E-state index contributed by atoms with van der Waals surface area (Å²) in [4.78, 5) is 34.8. The van der Waals surface area contributed by atoms with Gasteiger partial charge >= 0.3 is 0 Å². The van der Waals surface area contributed by atoms with Crippen LogP contribution in [0.2, 0.25) is 0 Å². The highest BCUT2D eigenvalue weighted by molar-refractivity contribution is 6.08. The van der Waals surface area contributed by atoms with E-state index in [0.717, 1.165) is 31.4 Å². The molecule has 2 saturated heterocycles. The maximum absolute atomic E-state index is 13.3. The highest BCUT2D eigenvalue weighted by atomic mass is 16.5. The van der Waals surface area contributed by atoms with Gasteiger partial charge in [-0.1, -0.05) is 13.0 Å². The Balaban J connectivity index is 1.50. The molecule has 36 heavy (non-hydrogen) atoms. The van der Waals surface area contributed by atoms with Crippen LogP contribution in [0.15, 0.2) is 28.9 Å². The number of oxazole rings is 1. The lowest BCUT2D eigenvalue weighted by atomic mass is 10.0. The van der Waals surface area contributed by atoms with Gasteiger partial charge in [0, 0.05) is 38.9 Å². The van der Waals surface area contributed by atoms with Gasteiger partial charge in [0.2, 0.25) is 0 Å². The van der Waals surface area contributed by atoms with Crippen molar-refractivity contribution < 1.29 is 23.8 Å². The third-order valence-corrected chi connectivity index (χ3v) is 6.65. The van der Waals surface area contributed by atoms with E-state index in [9.17, 15) is 14.7 Å². The molecular formula is C26H37N5O5. The van der Waals surface area contributed by atoms with Crippen molar-refractivity contribution in [3.05, 3.63) is 41.3 Å². The molecule has 2 aliphatic rings. The van der Waals surface area contributed by atoms with Crippen molar-refractivity contribution in [3.8, 4) is 0 Å². The molecule has 4 rings (SSSR count). The molecule has 0 spiro atoms. The second-order valence-corrected chi connectivity index (χ2v) is 9.67. The second-order valence-electron chi connectivity index (χ2n) is 9.67. The van der Waals surface area contributed by atoms with Gasteiger partial charge in [-0.25, -0.2) is 0 Å². The number of amides is 2. The van der Waals surface area contributed by atoms with Crippen LogP contribution in [0.3, 0.4) is 0 Å². The van der Waals surface area contributed by atoms with Crippen molar-refractivity contribution in [2.24, 2.45) is 0 Å². The minimum Gasteiger partial charge on any atom is -0.431 e. The standard InChI is InChI=1S/C26H37N5O5/c1-3-10-30(2)16-18-4-5-22(21(15-18)24(33)27-19-8-13-35-14-9-19)28-25(34)23-17-36-26(29-23)31-11-6-20(32)7-12-31/h4-5,15,17,19-20,32H,3,6-14,16H2,1-2H3,(H,27,33)(H,28,34). The van der Waals surface area contributed by atoms with E-state index >= 15 is 0 Å². The highest BCUT2D eigenvalue weighted by Crippen LogP contribution is 2.23. The van der Waals surface area contributed by atoms with Crippen molar-refractivity contribution in [2.45, 2.75) is 57.7 Å². The van der Waals surface area contributed by atoms with Crippen LogP contribution in [0.25, 0.3) is 0 Å². The van der Waals surface area contributed by atoms with Gasteiger partial charge in [0.15, 0.2) is 5.69 Å². The Morgan fingerprint density at radius 3 is 2.64 bits per heavy atom. The van der Waals surface area contributed by atoms with E-state index < -0.39 is 5.91 Å². The predicted octanol–water partition coefficient (Wildman–Crippen LogP) is 2.64. The summed E-state index contributed by atoms with van der Waals surface area (Å²) in [5, 5.41) is 15.7. The zero-order chi connectivity index (χ0) is 25.5. The zero-order valence-electron chi connectivity index (χ0n) is 21.2. The Kier molecular flexibility index (Phi) is 8.95. The summed E-state index contributed by atoms with van der Waals surface area (Å²) >= 11 is 0. The van der Waals surface area contributed by atoms with Crippen molar-refractivity contribution in [3.63, 3.8) is 0 Å². The van der Waals surface area contributed by atoms with Crippen molar-refractivity contribution in [2.75, 3.05) is 50.1 Å². The van der Waals surface area contributed by atoms with Crippen LogP contribution in [0.1, 0.15) is 65.4 Å². The first kappa shape index (κ1) is 26.1. The van der Waals surface area contributed by atoms with E-state index in [0.29, 0.717) is 63.0 Å². The fraction of sp³-hybridized carbons (Fsp3) is 0.577. The first-order valence-corrected chi connectivity index (χ1v) is 12.8. The number of ether oxygens (including phenoxy) is 1. The molecule has 3 N–H and O–H groups in total. The van der Waals surface area contributed by atoms with E-state index in [1.807, 2.05) is 24.1 Å². The summed E-state index contributed by atoms with van der Waals surface area (Å²) in [5.41, 5.74) is 1.99. The van der Waals surface area contributed by atoms with Gasteiger partial charge in [-0.2, -0.15) is 4.98 Å². The summed E-state index contributed by atoms with van der Waals surface area (Å²) < 4.78 is 10.9. The van der Waals surface area contributed by atoms with E-state index in [1.54, 1.807) is 6.07 Å². The van der Waals surface area contributed by atoms with E-state index in [4.69, 9.17) is 9.15 Å². The molecule has 196 valence electrons. The minimum absolute atomic E-state index is 0.0439. The summed E-state index contributed by atoms with van der Waals surface area (Å²) in [6.45, 7) is 6.28. The Hall–Kier alpha value is -2.95. The van der Waals surface area contributed by atoms with Crippen LogP contribution in [-0.4, -0.2) is 78.8 Å². The third-order valence-electron chi connectivity index (χ3n) is 6.65. The van der Waals surface area contributed by atoms with Crippen LogP contribution >= 0.6 is 0 Å². The molecule has 10 nitrogen and oxygen atoms in total. The number of aliphatic hydroxyl groups excluding tert-OH is 1. The van der Waals surface area contributed by atoms with Crippen LogP contribution in [0.5, 0.6) is 0 Å². The molecular weight excluding hydrogens is 462 g/mol. The van der Waals surface area contributed by atoms with Crippen LogP contribution in [0, 0.1) is 0 Å². The Labute approximate surface area is 212 Å². The smallest absolute Gasteiger partial charge is 0.297 e. The average Bonchev–Trinajstić information content (AvgIpc) is 3.37. The second kappa shape index (κ2) is 12.3. The number of nitrogens with one attached hydrogen (secondary N) is 2. The number of hydrogen-bond donors (Lipinski definition) is 3. The molecule has 2 amide bonds. The summed E-state index contributed by atoms with van der Waals surface area (Å²) in [7, 11) is 2.05. The number of anilines is 2. The Morgan fingerprint density at radius 2 is 1.92 bits per heavy atom. The number of carbonyl (C=O) groups excluding carboxylic acids is 2. The van der Waals surface area contributed by atoms with Gasteiger partial charge in [0.1, 0.15) is 6.26 Å². The quantitative estimate of drug-likeness (QED) is 0.482. The largest absolute Gasteiger partial charge is 0.431 e. The van der Waals surface area contributed by atoms with Crippen molar-refractivity contribution in [1.82, 2.24) is 15.2 Å². The molecule has 3 heterocycles. The van der Waals surface area contributed by atoms with E-state index in [-0.39, 0.29) is 23.7 Å². The van der Waals surface area contributed by atoms with Gasteiger partial charge in [0.25, 0.3) is 17.8 Å². The fourth-order valence-corrected chi connectivity index (χ4v) is 4.62. The first-order chi connectivity index (χ1) is 17.4. The lowest BCUT2D eigenvalue weighted by Crippen LogP contribution is -2.39. The number of aliphatic hydroxyl groups is 1. The monoisotopic (exact) mass is 499 g/mol. The highest BCUT2D eigenvalue weighted by Gasteiger charge is 2.24. The molecule has 2 aromatic rings. The van der Waals surface area contributed by atoms with Gasteiger partial charge in [0.05, 0.1) is 17.4 Å². The number of rotatable bonds is 9. The maximum atomic E-state index is 13.3. The number of hydrogen-bond acceptors (Lipinski definition) is 8. The van der Waals surface area contributed by atoms with Crippen LogP contribution in [-0.2, 0) is 11.3 Å².